The molecule has 4 nitrogen and oxygen atoms in total. The zero-order chi connectivity index (χ0) is 14.3. The monoisotopic (exact) mass is 276 g/mol. The molecule has 2 aliphatic rings. The summed E-state index contributed by atoms with van der Waals surface area (Å²) in [6.07, 6.45) is 5.41. The van der Waals surface area contributed by atoms with E-state index in [1.807, 2.05) is 4.68 Å². The minimum atomic E-state index is 0.485. The van der Waals surface area contributed by atoms with Gasteiger partial charge in [0, 0.05) is 43.0 Å². The molecule has 2 fully saturated rings. The smallest absolute Gasteiger partial charge is 0.0644 e. The highest BCUT2D eigenvalue weighted by Crippen LogP contribution is 2.36. The van der Waals surface area contributed by atoms with Crippen LogP contribution >= 0.6 is 0 Å². The summed E-state index contributed by atoms with van der Waals surface area (Å²) in [5.41, 5.74) is 3.96. The van der Waals surface area contributed by atoms with Crippen LogP contribution in [-0.2, 0) is 7.05 Å². The van der Waals surface area contributed by atoms with Crippen molar-refractivity contribution < 1.29 is 0 Å². The zero-order valence-corrected chi connectivity index (χ0v) is 13.3. The minimum Gasteiger partial charge on any atom is -0.313 e. The molecule has 1 aliphatic heterocycles. The molecule has 0 spiro atoms. The van der Waals surface area contributed by atoms with Crippen molar-refractivity contribution in [3.63, 3.8) is 0 Å². The van der Waals surface area contributed by atoms with Gasteiger partial charge in [0.25, 0.3) is 0 Å². The Balaban J connectivity index is 1.79. The fraction of sp³-hybridized carbons (Fsp3) is 0.812. The Hall–Kier alpha value is -0.870. The molecular formula is C16H28N4. The predicted octanol–water partition coefficient (Wildman–Crippen LogP) is 2.31. The largest absolute Gasteiger partial charge is 0.313 e. The number of aryl methyl sites for hydroxylation is 2. The Morgan fingerprint density at radius 3 is 2.60 bits per heavy atom. The first-order chi connectivity index (χ1) is 9.58. The first-order valence-corrected chi connectivity index (χ1v) is 8.07. The van der Waals surface area contributed by atoms with Crippen LogP contribution in [0.3, 0.4) is 0 Å². The van der Waals surface area contributed by atoms with Crippen molar-refractivity contribution in [3.05, 3.63) is 17.0 Å². The maximum atomic E-state index is 4.60. The Morgan fingerprint density at radius 1 is 1.35 bits per heavy atom. The molecule has 0 radical (unpaired) electrons. The Morgan fingerprint density at radius 2 is 2.10 bits per heavy atom. The van der Waals surface area contributed by atoms with Crippen molar-refractivity contribution in [2.45, 2.75) is 64.6 Å². The fourth-order valence-corrected chi connectivity index (χ4v) is 3.76. The van der Waals surface area contributed by atoms with Crippen LogP contribution in [-0.4, -0.2) is 39.9 Å². The third kappa shape index (κ3) is 2.63. The molecule has 1 aliphatic carbocycles. The predicted molar refractivity (Wildman–Crippen MR) is 81.8 cm³/mol. The van der Waals surface area contributed by atoms with Crippen molar-refractivity contribution in [1.82, 2.24) is 20.0 Å². The van der Waals surface area contributed by atoms with E-state index in [-0.39, 0.29) is 0 Å². The number of nitrogens with one attached hydrogen (secondary N) is 1. The number of aromatic nitrogens is 2. The summed E-state index contributed by atoms with van der Waals surface area (Å²) in [4.78, 5) is 2.72. The second kappa shape index (κ2) is 5.49. The average molecular weight is 276 g/mol. The highest BCUT2D eigenvalue weighted by atomic mass is 15.3. The quantitative estimate of drug-likeness (QED) is 0.896. The molecule has 1 aromatic rings. The lowest BCUT2D eigenvalue weighted by Gasteiger charge is -2.32. The number of nitrogens with zero attached hydrogens (tertiary/aromatic N) is 3. The van der Waals surface area contributed by atoms with E-state index >= 15 is 0 Å². The maximum absolute atomic E-state index is 4.60. The molecule has 2 heterocycles. The number of rotatable bonds is 5. The number of hydrogen-bond donors (Lipinski definition) is 1. The van der Waals surface area contributed by atoms with E-state index in [4.69, 9.17) is 0 Å². The topological polar surface area (TPSA) is 33.1 Å². The highest BCUT2D eigenvalue weighted by molar-refractivity contribution is 5.28. The maximum Gasteiger partial charge on any atom is 0.0644 e. The van der Waals surface area contributed by atoms with E-state index < -0.39 is 0 Å². The van der Waals surface area contributed by atoms with Gasteiger partial charge < -0.3 is 5.32 Å². The molecule has 2 unspecified atom stereocenters. The van der Waals surface area contributed by atoms with E-state index in [2.05, 4.69) is 43.1 Å². The van der Waals surface area contributed by atoms with Crippen LogP contribution in [0.5, 0.6) is 0 Å². The Labute approximate surface area is 122 Å². The van der Waals surface area contributed by atoms with Crippen LogP contribution in [0.2, 0.25) is 0 Å². The summed E-state index contributed by atoms with van der Waals surface area (Å²) in [6.45, 7) is 9.11. The normalized spacial score (nSPS) is 24.6. The lowest BCUT2D eigenvalue weighted by atomic mass is 10.0. The molecule has 0 bridgehead atoms. The second-order valence-electron chi connectivity index (χ2n) is 6.61. The second-order valence-corrected chi connectivity index (χ2v) is 6.61. The van der Waals surface area contributed by atoms with Gasteiger partial charge in [0.2, 0.25) is 0 Å². The van der Waals surface area contributed by atoms with Gasteiger partial charge >= 0.3 is 0 Å². The van der Waals surface area contributed by atoms with Gasteiger partial charge in [-0.25, -0.2) is 0 Å². The van der Waals surface area contributed by atoms with Gasteiger partial charge in [-0.3, -0.25) is 9.58 Å². The molecule has 20 heavy (non-hydrogen) atoms. The molecule has 0 amide bonds. The summed E-state index contributed by atoms with van der Waals surface area (Å²) in [5.74, 6) is 0. The van der Waals surface area contributed by atoms with Crippen molar-refractivity contribution in [1.29, 1.82) is 0 Å². The van der Waals surface area contributed by atoms with E-state index in [1.54, 1.807) is 0 Å². The zero-order valence-electron chi connectivity index (χ0n) is 13.3. The van der Waals surface area contributed by atoms with E-state index in [0.717, 1.165) is 6.04 Å². The van der Waals surface area contributed by atoms with Crippen LogP contribution in [0.4, 0.5) is 0 Å². The van der Waals surface area contributed by atoms with Crippen LogP contribution in [0.25, 0.3) is 0 Å². The third-order valence-corrected chi connectivity index (χ3v) is 5.09. The fourth-order valence-electron chi connectivity index (χ4n) is 3.76. The van der Waals surface area contributed by atoms with Crippen LogP contribution < -0.4 is 5.32 Å². The van der Waals surface area contributed by atoms with Crippen molar-refractivity contribution in [2.24, 2.45) is 7.05 Å². The van der Waals surface area contributed by atoms with Gasteiger partial charge in [-0.1, -0.05) is 0 Å². The average Bonchev–Trinajstić information content (AvgIpc) is 3.05. The van der Waals surface area contributed by atoms with E-state index in [9.17, 15) is 0 Å². The van der Waals surface area contributed by atoms with Gasteiger partial charge in [0.05, 0.1) is 5.69 Å². The first-order valence-electron chi connectivity index (χ1n) is 8.07. The lowest BCUT2D eigenvalue weighted by Crippen LogP contribution is -2.40. The molecule has 1 saturated carbocycles. The van der Waals surface area contributed by atoms with Gasteiger partial charge in [-0.05, 0) is 53.0 Å². The summed E-state index contributed by atoms with van der Waals surface area (Å²) in [5, 5.41) is 8.25. The molecule has 4 heteroatoms. The SMILES string of the molecule is Cc1nn(C)c(C)c1C(C)N(CC1CCCN1)C1CC1. The minimum absolute atomic E-state index is 0.485. The van der Waals surface area contributed by atoms with Crippen LogP contribution in [0.1, 0.15) is 55.6 Å². The molecule has 1 N–H and O–H groups in total. The van der Waals surface area contributed by atoms with Gasteiger partial charge in [-0.15, -0.1) is 0 Å². The van der Waals surface area contributed by atoms with Gasteiger partial charge in [0.15, 0.2) is 0 Å². The van der Waals surface area contributed by atoms with Gasteiger partial charge in [-0.2, -0.15) is 5.10 Å². The Kier molecular flexibility index (Phi) is 3.87. The molecular weight excluding hydrogens is 248 g/mol. The van der Waals surface area contributed by atoms with Gasteiger partial charge in [0.1, 0.15) is 0 Å². The molecule has 0 aromatic carbocycles. The van der Waals surface area contributed by atoms with Crippen molar-refractivity contribution in [2.75, 3.05) is 13.1 Å². The van der Waals surface area contributed by atoms with Crippen LogP contribution in [0, 0.1) is 13.8 Å². The molecule has 1 aromatic heterocycles. The Bertz CT molecular complexity index is 469. The van der Waals surface area contributed by atoms with Crippen LogP contribution in [0.15, 0.2) is 0 Å². The molecule has 112 valence electrons. The van der Waals surface area contributed by atoms with Crippen molar-refractivity contribution in [3.8, 4) is 0 Å². The molecule has 1 saturated heterocycles. The molecule has 3 rings (SSSR count). The van der Waals surface area contributed by atoms with Crippen molar-refractivity contribution >= 4 is 0 Å². The van der Waals surface area contributed by atoms with E-state index in [1.165, 1.54) is 55.7 Å². The highest BCUT2D eigenvalue weighted by Gasteiger charge is 2.36. The summed E-state index contributed by atoms with van der Waals surface area (Å²) < 4.78 is 2.03. The summed E-state index contributed by atoms with van der Waals surface area (Å²) in [7, 11) is 2.05. The summed E-state index contributed by atoms with van der Waals surface area (Å²) in [6, 6.07) is 1.97. The third-order valence-electron chi connectivity index (χ3n) is 5.09. The summed E-state index contributed by atoms with van der Waals surface area (Å²) >= 11 is 0. The lowest BCUT2D eigenvalue weighted by molar-refractivity contribution is 0.181. The standard InChI is InChI=1S/C16H28N4/c1-11-16(12(2)19(4)18-11)13(3)20(15-7-8-15)10-14-6-5-9-17-14/h13-15,17H,5-10H2,1-4H3. The first kappa shape index (κ1) is 14.1. The molecule has 2 atom stereocenters. The number of hydrogen-bond acceptors (Lipinski definition) is 3. The van der Waals surface area contributed by atoms with E-state index in [0.29, 0.717) is 12.1 Å².